The summed E-state index contributed by atoms with van der Waals surface area (Å²) in [5.74, 6) is 1.93. The molecule has 14 heavy (non-hydrogen) atoms. The summed E-state index contributed by atoms with van der Waals surface area (Å²) in [6, 6.07) is 0. The molecule has 1 heterocycles. The van der Waals surface area contributed by atoms with E-state index in [0.29, 0.717) is 5.95 Å². The lowest BCUT2D eigenvalue weighted by molar-refractivity contribution is 0.834. The Labute approximate surface area is 97.2 Å². The minimum atomic E-state index is 0.706. The van der Waals surface area contributed by atoms with E-state index in [2.05, 4.69) is 37.5 Å². The molecule has 78 valence electrons. The molecule has 1 aromatic heterocycles. The highest BCUT2D eigenvalue weighted by Gasteiger charge is 1.94. The quantitative estimate of drug-likeness (QED) is 0.811. The first kappa shape index (κ1) is 11.8. The Hall–Kier alpha value is -0.290. The van der Waals surface area contributed by atoms with Gasteiger partial charge in [0.15, 0.2) is 0 Å². The fourth-order valence-corrected chi connectivity index (χ4v) is 1.67. The van der Waals surface area contributed by atoms with Crippen molar-refractivity contribution >= 4 is 33.6 Å². The number of aromatic nitrogens is 2. The summed E-state index contributed by atoms with van der Waals surface area (Å²) in [6.45, 7) is 0.947. The highest BCUT2D eigenvalue weighted by molar-refractivity contribution is 9.10. The van der Waals surface area contributed by atoms with Gasteiger partial charge in [0.2, 0.25) is 5.95 Å². The van der Waals surface area contributed by atoms with E-state index in [4.69, 9.17) is 0 Å². The van der Waals surface area contributed by atoms with Crippen LogP contribution in [0.1, 0.15) is 12.8 Å². The Bertz CT molecular complexity index is 253. The summed E-state index contributed by atoms with van der Waals surface area (Å²) in [4.78, 5) is 8.24. The van der Waals surface area contributed by atoms with Crippen molar-refractivity contribution in [2.75, 3.05) is 23.9 Å². The molecule has 0 atom stereocenters. The molecule has 0 saturated heterocycles. The second-order valence-electron chi connectivity index (χ2n) is 2.85. The lowest BCUT2D eigenvalue weighted by atomic mass is 10.3. The van der Waals surface area contributed by atoms with Crippen LogP contribution in [0.25, 0.3) is 0 Å². The van der Waals surface area contributed by atoms with Crippen molar-refractivity contribution in [3.05, 3.63) is 16.9 Å². The molecule has 0 aliphatic rings. The van der Waals surface area contributed by atoms with Gasteiger partial charge in [-0.05, 0) is 40.8 Å². The van der Waals surface area contributed by atoms with Crippen molar-refractivity contribution < 1.29 is 0 Å². The Morgan fingerprint density at radius 3 is 2.71 bits per heavy atom. The summed E-state index contributed by atoms with van der Waals surface area (Å²) in [6.07, 6.45) is 8.03. The van der Waals surface area contributed by atoms with Gasteiger partial charge in [-0.2, -0.15) is 11.8 Å². The molecule has 0 spiro atoms. The molecule has 0 fully saturated rings. The zero-order valence-corrected chi connectivity index (χ0v) is 10.6. The SMILES string of the molecule is CSCCCCNc1ncc(Br)cn1. The molecular formula is C9H14BrN3S. The molecule has 0 amide bonds. The van der Waals surface area contributed by atoms with Gasteiger partial charge in [0.05, 0.1) is 4.47 Å². The van der Waals surface area contributed by atoms with E-state index in [9.17, 15) is 0 Å². The largest absolute Gasteiger partial charge is 0.354 e. The number of anilines is 1. The van der Waals surface area contributed by atoms with Crippen LogP contribution in [-0.2, 0) is 0 Å². The molecule has 1 rings (SSSR count). The predicted octanol–water partition coefficient (Wildman–Crippen LogP) is 2.79. The van der Waals surface area contributed by atoms with Gasteiger partial charge in [0.1, 0.15) is 0 Å². The van der Waals surface area contributed by atoms with E-state index in [1.54, 1.807) is 12.4 Å². The average Bonchev–Trinajstić information content (AvgIpc) is 2.21. The van der Waals surface area contributed by atoms with Crippen molar-refractivity contribution in [1.29, 1.82) is 0 Å². The number of thioether (sulfide) groups is 1. The van der Waals surface area contributed by atoms with Crippen LogP contribution < -0.4 is 5.32 Å². The highest BCUT2D eigenvalue weighted by Crippen LogP contribution is 2.07. The van der Waals surface area contributed by atoms with Gasteiger partial charge in [0, 0.05) is 18.9 Å². The molecule has 0 aliphatic carbocycles. The van der Waals surface area contributed by atoms with Crippen LogP contribution in [0, 0.1) is 0 Å². The number of hydrogen-bond acceptors (Lipinski definition) is 4. The molecule has 1 N–H and O–H groups in total. The topological polar surface area (TPSA) is 37.8 Å². The first-order chi connectivity index (χ1) is 6.83. The fourth-order valence-electron chi connectivity index (χ4n) is 0.975. The molecule has 3 nitrogen and oxygen atoms in total. The van der Waals surface area contributed by atoms with Gasteiger partial charge in [-0.25, -0.2) is 9.97 Å². The zero-order chi connectivity index (χ0) is 10.2. The first-order valence-corrected chi connectivity index (χ1v) is 6.72. The molecule has 1 aromatic rings. The molecule has 0 aromatic carbocycles. The number of unbranched alkanes of at least 4 members (excludes halogenated alkanes) is 1. The molecule has 0 unspecified atom stereocenters. The van der Waals surface area contributed by atoms with Crippen LogP contribution >= 0.6 is 27.7 Å². The number of hydrogen-bond donors (Lipinski definition) is 1. The summed E-state index contributed by atoms with van der Waals surface area (Å²) < 4.78 is 0.908. The number of rotatable bonds is 6. The summed E-state index contributed by atoms with van der Waals surface area (Å²) >= 11 is 5.18. The normalized spacial score (nSPS) is 10.1. The van der Waals surface area contributed by atoms with Crippen LogP contribution in [0.15, 0.2) is 16.9 Å². The molecule has 0 saturated carbocycles. The summed E-state index contributed by atoms with van der Waals surface area (Å²) in [7, 11) is 0. The van der Waals surface area contributed by atoms with Gasteiger partial charge < -0.3 is 5.32 Å². The Morgan fingerprint density at radius 1 is 1.36 bits per heavy atom. The summed E-state index contributed by atoms with van der Waals surface area (Å²) in [5, 5.41) is 3.18. The van der Waals surface area contributed by atoms with Crippen LogP contribution in [0.3, 0.4) is 0 Å². The molecule has 5 heteroatoms. The van der Waals surface area contributed by atoms with E-state index in [-0.39, 0.29) is 0 Å². The Morgan fingerprint density at radius 2 is 2.07 bits per heavy atom. The highest BCUT2D eigenvalue weighted by atomic mass is 79.9. The fraction of sp³-hybridized carbons (Fsp3) is 0.556. The van der Waals surface area contributed by atoms with Gasteiger partial charge >= 0.3 is 0 Å². The maximum atomic E-state index is 4.12. The molecule has 0 aliphatic heterocycles. The second-order valence-corrected chi connectivity index (χ2v) is 4.75. The number of nitrogens with zero attached hydrogens (tertiary/aromatic N) is 2. The number of nitrogens with one attached hydrogen (secondary N) is 1. The van der Waals surface area contributed by atoms with Gasteiger partial charge in [-0.15, -0.1) is 0 Å². The first-order valence-electron chi connectivity index (χ1n) is 4.53. The second kappa shape index (κ2) is 7.06. The standard InChI is InChI=1S/C9H14BrN3S/c1-14-5-3-2-4-11-9-12-6-8(10)7-13-9/h6-7H,2-5H2,1H3,(H,11,12,13). The maximum Gasteiger partial charge on any atom is 0.222 e. The van der Waals surface area contributed by atoms with E-state index >= 15 is 0 Å². The minimum Gasteiger partial charge on any atom is -0.354 e. The lowest BCUT2D eigenvalue weighted by Gasteiger charge is -2.03. The maximum absolute atomic E-state index is 4.12. The third-order valence-electron chi connectivity index (χ3n) is 1.68. The van der Waals surface area contributed by atoms with E-state index in [1.807, 2.05) is 11.8 Å². The molecule has 0 radical (unpaired) electrons. The van der Waals surface area contributed by atoms with Crippen LogP contribution in [0.4, 0.5) is 5.95 Å². The Kier molecular flexibility index (Phi) is 5.94. The smallest absolute Gasteiger partial charge is 0.222 e. The lowest BCUT2D eigenvalue weighted by Crippen LogP contribution is -2.05. The third kappa shape index (κ3) is 4.81. The monoisotopic (exact) mass is 275 g/mol. The van der Waals surface area contributed by atoms with Crippen molar-refractivity contribution in [3.8, 4) is 0 Å². The van der Waals surface area contributed by atoms with Crippen molar-refractivity contribution in [2.45, 2.75) is 12.8 Å². The van der Waals surface area contributed by atoms with Crippen LogP contribution in [0.5, 0.6) is 0 Å². The van der Waals surface area contributed by atoms with Gasteiger partial charge in [0.25, 0.3) is 0 Å². The average molecular weight is 276 g/mol. The van der Waals surface area contributed by atoms with Crippen LogP contribution in [0.2, 0.25) is 0 Å². The van der Waals surface area contributed by atoms with E-state index in [1.165, 1.54) is 18.6 Å². The van der Waals surface area contributed by atoms with Crippen molar-refractivity contribution in [3.63, 3.8) is 0 Å². The van der Waals surface area contributed by atoms with Crippen molar-refractivity contribution in [2.24, 2.45) is 0 Å². The third-order valence-corrected chi connectivity index (χ3v) is 2.79. The van der Waals surface area contributed by atoms with Crippen LogP contribution in [-0.4, -0.2) is 28.5 Å². The van der Waals surface area contributed by atoms with E-state index in [0.717, 1.165) is 11.0 Å². The van der Waals surface area contributed by atoms with Gasteiger partial charge in [-0.1, -0.05) is 0 Å². The molecular weight excluding hydrogens is 262 g/mol. The zero-order valence-electron chi connectivity index (χ0n) is 8.16. The Balaban J connectivity index is 2.15. The van der Waals surface area contributed by atoms with Gasteiger partial charge in [-0.3, -0.25) is 0 Å². The summed E-state index contributed by atoms with van der Waals surface area (Å²) in [5.41, 5.74) is 0. The predicted molar refractivity (Wildman–Crippen MR) is 65.8 cm³/mol. The van der Waals surface area contributed by atoms with Crippen molar-refractivity contribution in [1.82, 2.24) is 9.97 Å². The minimum absolute atomic E-state index is 0.706. The number of halogens is 1. The van der Waals surface area contributed by atoms with E-state index < -0.39 is 0 Å². The molecule has 0 bridgehead atoms.